The van der Waals surface area contributed by atoms with Crippen molar-refractivity contribution >= 4 is 16.8 Å². The Balaban J connectivity index is 2.00. The second-order valence-electron chi connectivity index (χ2n) is 4.40. The Morgan fingerprint density at radius 3 is 3.00 bits per heavy atom. The molecule has 19 heavy (non-hydrogen) atoms. The number of ether oxygens (including phenoxy) is 1. The van der Waals surface area contributed by atoms with Crippen LogP contribution in [0.2, 0.25) is 0 Å². The molecule has 0 fully saturated rings. The summed E-state index contributed by atoms with van der Waals surface area (Å²) in [5, 5.41) is 3.67. The van der Waals surface area contributed by atoms with Gasteiger partial charge in [0.2, 0.25) is 0 Å². The molecule has 3 N–H and O–H groups in total. The molecule has 5 heteroatoms. The normalized spacial score (nSPS) is 12.1. The fourth-order valence-corrected chi connectivity index (χ4v) is 1.66. The third-order valence-corrected chi connectivity index (χ3v) is 2.58. The standard InChI is InChI=1S/C14H17N3O2/c1-10(15)8-17-13(18)9-19-12-6-2-4-11-5-3-7-16-14(11)12/h2-7,10H,8-9,15H2,1H3,(H,17,18). The van der Waals surface area contributed by atoms with E-state index in [1.165, 1.54) is 0 Å². The van der Waals surface area contributed by atoms with Gasteiger partial charge >= 0.3 is 0 Å². The van der Waals surface area contributed by atoms with E-state index in [0.717, 1.165) is 10.9 Å². The van der Waals surface area contributed by atoms with Gasteiger partial charge in [0.25, 0.3) is 5.91 Å². The number of carbonyl (C=O) groups excluding carboxylic acids is 1. The van der Waals surface area contributed by atoms with Gasteiger partial charge in [0.15, 0.2) is 6.61 Å². The number of para-hydroxylation sites is 1. The van der Waals surface area contributed by atoms with Crippen LogP contribution in [0, 0.1) is 0 Å². The number of carbonyl (C=O) groups is 1. The van der Waals surface area contributed by atoms with Crippen LogP contribution in [0.15, 0.2) is 36.5 Å². The second-order valence-corrected chi connectivity index (χ2v) is 4.40. The maximum absolute atomic E-state index is 11.5. The van der Waals surface area contributed by atoms with E-state index in [2.05, 4.69) is 10.3 Å². The number of benzene rings is 1. The summed E-state index contributed by atoms with van der Waals surface area (Å²) in [5.74, 6) is 0.416. The highest BCUT2D eigenvalue weighted by atomic mass is 16.5. The molecule has 0 spiro atoms. The van der Waals surface area contributed by atoms with Crippen molar-refractivity contribution in [2.24, 2.45) is 5.73 Å². The van der Waals surface area contributed by atoms with Crippen LogP contribution in [0.4, 0.5) is 0 Å². The maximum Gasteiger partial charge on any atom is 0.257 e. The minimum absolute atomic E-state index is 0.0393. The molecule has 0 radical (unpaired) electrons. The molecule has 1 unspecified atom stereocenters. The lowest BCUT2D eigenvalue weighted by molar-refractivity contribution is -0.123. The number of rotatable bonds is 5. The van der Waals surface area contributed by atoms with Crippen molar-refractivity contribution in [2.45, 2.75) is 13.0 Å². The molecule has 0 saturated heterocycles. The molecule has 1 amide bonds. The van der Waals surface area contributed by atoms with Crippen LogP contribution in [0.25, 0.3) is 10.9 Å². The van der Waals surface area contributed by atoms with Gasteiger partial charge in [-0.05, 0) is 19.1 Å². The van der Waals surface area contributed by atoms with Gasteiger partial charge < -0.3 is 15.8 Å². The lowest BCUT2D eigenvalue weighted by Crippen LogP contribution is -2.37. The molecule has 0 saturated carbocycles. The predicted octanol–water partition coefficient (Wildman–Crippen LogP) is 1.08. The molecule has 1 heterocycles. The summed E-state index contributed by atoms with van der Waals surface area (Å²) >= 11 is 0. The van der Waals surface area contributed by atoms with Crippen LogP contribution in [-0.2, 0) is 4.79 Å². The van der Waals surface area contributed by atoms with Crippen LogP contribution in [0.5, 0.6) is 5.75 Å². The molecular weight excluding hydrogens is 242 g/mol. The van der Waals surface area contributed by atoms with E-state index in [-0.39, 0.29) is 18.6 Å². The van der Waals surface area contributed by atoms with Gasteiger partial charge in [0.05, 0.1) is 0 Å². The minimum Gasteiger partial charge on any atom is -0.481 e. The first kappa shape index (κ1) is 13.3. The van der Waals surface area contributed by atoms with Crippen LogP contribution in [0.1, 0.15) is 6.92 Å². The van der Waals surface area contributed by atoms with Crippen molar-refractivity contribution in [3.8, 4) is 5.75 Å². The zero-order chi connectivity index (χ0) is 13.7. The summed E-state index contributed by atoms with van der Waals surface area (Å²) in [5.41, 5.74) is 6.31. The summed E-state index contributed by atoms with van der Waals surface area (Å²) in [6.07, 6.45) is 1.70. The van der Waals surface area contributed by atoms with Gasteiger partial charge in [-0.25, -0.2) is 0 Å². The molecule has 0 aliphatic carbocycles. The number of aromatic nitrogens is 1. The zero-order valence-electron chi connectivity index (χ0n) is 10.8. The van der Waals surface area contributed by atoms with Gasteiger partial charge in [-0.3, -0.25) is 9.78 Å². The Morgan fingerprint density at radius 2 is 2.21 bits per heavy atom. The number of nitrogens with two attached hydrogens (primary N) is 1. The molecule has 0 bridgehead atoms. The summed E-state index contributed by atoms with van der Waals surface area (Å²) < 4.78 is 5.50. The fraction of sp³-hybridized carbons (Fsp3) is 0.286. The van der Waals surface area contributed by atoms with Crippen LogP contribution in [0.3, 0.4) is 0 Å². The lowest BCUT2D eigenvalue weighted by atomic mass is 10.2. The summed E-state index contributed by atoms with van der Waals surface area (Å²) in [6.45, 7) is 2.23. The number of amides is 1. The monoisotopic (exact) mass is 259 g/mol. The average Bonchev–Trinajstić information content (AvgIpc) is 2.42. The smallest absolute Gasteiger partial charge is 0.257 e. The SMILES string of the molecule is CC(N)CNC(=O)COc1cccc2cccnc12. The number of hydrogen-bond donors (Lipinski definition) is 2. The lowest BCUT2D eigenvalue weighted by Gasteiger charge is -2.10. The number of fused-ring (bicyclic) bond motifs is 1. The summed E-state index contributed by atoms with van der Waals surface area (Å²) in [4.78, 5) is 15.8. The Morgan fingerprint density at radius 1 is 1.42 bits per heavy atom. The number of nitrogens with one attached hydrogen (secondary N) is 1. The van der Waals surface area contributed by atoms with Crippen molar-refractivity contribution in [3.05, 3.63) is 36.5 Å². The van der Waals surface area contributed by atoms with Crippen LogP contribution < -0.4 is 15.8 Å². The molecule has 1 atom stereocenters. The Kier molecular flexibility index (Phi) is 4.30. The van der Waals surface area contributed by atoms with Gasteiger partial charge in [-0.2, -0.15) is 0 Å². The second kappa shape index (κ2) is 6.15. The van der Waals surface area contributed by atoms with Crippen molar-refractivity contribution < 1.29 is 9.53 Å². The summed E-state index contributed by atoms with van der Waals surface area (Å²) in [6, 6.07) is 9.37. The van der Waals surface area contributed by atoms with Crippen molar-refractivity contribution in [3.63, 3.8) is 0 Å². The predicted molar refractivity (Wildman–Crippen MR) is 73.9 cm³/mol. The van der Waals surface area contributed by atoms with Gasteiger partial charge in [-0.1, -0.05) is 18.2 Å². The van der Waals surface area contributed by atoms with Crippen LogP contribution in [-0.4, -0.2) is 30.1 Å². The first-order chi connectivity index (χ1) is 9.16. The van der Waals surface area contributed by atoms with E-state index in [4.69, 9.17) is 10.5 Å². The molecule has 1 aromatic heterocycles. The molecule has 100 valence electrons. The van der Waals surface area contributed by atoms with Gasteiger partial charge in [0, 0.05) is 24.2 Å². The number of pyridine rings is 1. The molecule has 5 nitrogen and oxygen atoms in total. The highest BCUT2D eigenvalue weighted by Gasteiger charge is 2.06. The van der Waals surface area contributed by atoms with Gasteiger partial charge in [0.1, 0.15) is 11.3 Å². The van der Waals surface area contributed by atoms with Crippen molar-refractivity contribution in [2.75, 3.05) is 13.2 Å². The highest BCUT2D eigenvalue weighted by molar-refractivity contribution is 5.85. The Labute approximate surface area is 111 Å². The quantitative estimate of drug-likeness (QED) is 0.842. The maximum atomic E-state index is 11.5. The van der Waals surface area contributed by atoms with E-state index >= 15 is 0 Å². The first-order valence-electron chi connectivity index (χ1n) is 6.15. The van der Waals surface area contributed by atoms with E-state index < -0.39 is 0 Å². The highest BCUT2D eigenvalue weighted by Crippen LogP contribution is 2.22. The third-order valence-electron chi connectivity index (χ3n) is 2.58. The van der Waals surface area contributed by atoms with E-state index in [0.29, 0.717) is 12.3 Å². The molecular formula is C14H17N3O2. The van der Waals surface area contributed by atoms with Crippen molar-refractivity contribution in [1.82, 2.24) is 10.3 Å². The van der Waals surface area contributed by atoms with E-state index in [9.17, 15) is 4.79 Å². The third kappa shape index (κ3) is 3.66. The Hall–Kier alpha value is -2.14. The average molecular weight is 259 g/mol. The van der Waals surface area contributed by atoms with E-state index in [1.54, 1.807) is 12.3 Å². The van der Waals surface area contributed by atoms with Crippen molar-refractivity contribution in [1.29, 1.82) is 0 Å². The van der Waals surface area contributed by atoms with Crippen LogP contribution >= 0.6 is 0 Å². The first-order valence-corrected chi connectivity index (χ1v) is 6.15. The van der Waals surface area contributed by atoms with Gasteiger partial charge in [-0.15, -0.1) is 0 Å². The Bertz CT molecular complexity index is 564. The molecule has 1 aromatic carbocycles. The molecule has 0 aliphatic heterocycles. The topological polar surface area (TPSA) is 77.2 Å². The molecule has 2 rings (SSSR count). The molecule has 0 aliphatic rings. The number of hydrogen-bond acceptors (Lipinski definition) is 4. The minimum atomic E-state index is -0.190. The van der Waals surface area contributed by atoms with E-state index in [1.807, 2.05) is 31.2 Å². The largest absolute Gasteiger partial charge is 0.481 e. The zero-order valence-corrected chi connectivity index (χ0v) is 10.8. The molecule has 2 aromatic rings. The summed E-state index contributed by atoms with van der Waals surface area (Å²) in [7, 11) is 0. The fourth-order valence-electron chi connectivity index (χ4n) is 1.66. The number of nitrogens with zero attached hydrogens (tertiary/aromatic N) is 1.